The lowest BCUT2D eigenvalue weighted by Crippen LogP contribution is -1.98. The van der Waals surface area contributed by atoms with Crippen molar-refractivity contribution in [2.45, 2.75) is 6.61 Å². The van der Waals surface area contributed by atoms with Crippen molar-refractivity contribution >= 4 is 61.6 Å². The molecule has 0 saturated heterocycles. The van der Waals surface area contributed by atoms with Crippen LogP contribution in [0.3, 0.4) is 0 Å². The highest BCUT2D eigenvalue weighted by Crippen LogP contribution is 2.33. The van der Waals surface area contributed by atoms with Crippen LogP contribution in [0.2, 0.25) is 10.0 Å². The predicted molar refractivity (Wildman–Crippen MR) is 132 cm³/mol. The summed E-state index contributed by atoms with van der Waals surface area (Å²) in [5.41, 5.74) is 3.08. The van der Waals surface area contributed by atoms with E-state index in [9.17, 15) is 5.26 Å². The van der Waals surface area contributed by atoms with Gasteiger partial charge in [-0.15, -0.1) is 0 Å². The van der Waals surface area contributed by atoms with Crippen molar-refractivity contribution in [3.05, 3.63) is 110 Å². The van der Waals surface area contributed by atoms with Gasteiger partial charge in [0.15, 0.2) is 0 Å². The average Bonchev–Trinajstić information content (AvgIpc) is 2.78. The Morgan fingerprint density at radius 3 is 2.48 bits per heavy atom. The SMILES string of the molecule is N#C/C(=C\c1c(OCc2ccc(Cl)cc2Cl)ccc2ccccc12)c1ccc(Br)cc1. The van der Waals surface area contributed by atoms with E-state index in [-0.39, 0.29) is 6.61 Å². The van der Waals surface area contributed by atoms with Crippen molar-refractivity contribution in [3.8, 4) is 11.8 Å². The molecule has 0 radical (unpaired) electrons. The van der Waals surface area contributed by atoms with Crippen LogP contribution in [0.1, 0.15) is 16.7 Å². The Morgan fingerprint density at radius 1 is 0.968 bits per heavy atom. The quantitative estimate of drug-likeness (QED) is 0.200. The summed E-state index contributed by atoms with van der Waals surface area (Å²) in [4.78, 5) is 0. The molecule has 0 aliphatic carbocycles. The minimum atomic E-state index is 0.287. The van der Waals surface area contributed by atoms with E-state index in [1.54, 1.807) is 12.1 Å². The first kappa shape index (κ1) is 21.5. The molecule has 4 aromatic rings. The van der Waals surface area contributed by atoms with Gasteiger partial charge in [0.05, 0.1) is 11.6 Å². The second kappa shape index (κ2) is 9.58. The fourth-order valence-corrected chi connectivity index (χ4v) is 4.03. The molecule has 0 N–H and O–H groups in total. The number of nitriles is 1. The second-order valence-electron chi connectivity index (χ2n) is 6.90. The maximum atomic E-state index is 9.84. The Morgan fingerprint density at radius 2 is 1.74 bits per heavy atom. The maximum absolute atomic E-state index is 9.84. The summed E-state index contributed by atoms with van der Waals surface area (Å²) >= 11 is 15.7. The first-order valence-electron chi connectivity index (χ1n) is 9.51. The van der Waals surface area contributed by atoms with E-state index in [1.165, 1.54) is 0 Å². The standard InChI is InChI=1S/C26H16BrCl2NO/c27-21-9-5-17(6-10-21)20(15-30)13-24-23-4-2-1-3-18(23)8-12-26(24)31-16-19-7-11-22(28)14-25(19)29/h1-14H,16H2/b20-13+. The molecular weight excluding hydrogens is 493 g/mol. The third kappa shape index (κ3) is 4.94. The summed E-state index contributed by atoms with van der Waals surface area (Å²) in [5, 5.41) is 13.1. The fourth-order valence-electron chi connectivity index (χ4n) is 3.30. The average molecular weight is 509 g/mol. The maximum Gasteiger partial charge on any atom is 0.127 e. The molecule has 0 heterocycles. The van der Waals surface area contributed by atoms with Gasteiger partial charge in [-0.25, -0.2) is 0 Å². The first-order chi connectivity index (χ1) is 15.0. The fraction of sp³-hybridized carbons (Fsp3) is 0.0385. The van der Waals surface area contributed by atoms with Crippen molar-refractivity contribution in [2.75, 3.05) is 0 Å². The number of allylic oxidation sites excluding steroid dienone is 1. The highest BCUT2D eigenvalue weighted by Gasteiger charge is 2.11. The lowest BCUT2D eigenvalue weighted by Gasteiger charge is -2.14. The molecule has 0 amide bonds. The summed E-state index contributed by atoms with van der Waals surface area (Å²) in [7, 11) is 0. The zero-order valence-corrected chi connectivity index (χ0v) is 19.4. The zero-order chi connectivity index (χ0) is 21.8. The number of halogens is 3. The molecule has 0 aliphatic heterocycles. The third-order valence-corrected chi connectivity index (χ3v) is 6.01. The first-order valence-corrected chi connectivity index (χ1v) is 11.1. The van der Waals surface area contributed by atoms with Crippen LogP contribution in [0.4, 0.5) is 0 Å². The molecule has 0 unspecified atom stereocenters. The predicted octanol–water partition coefficient (Wildman–Crippen LogP) is 8.55. The van der Waals surface area contributed by atoms with Gasteiger partial charge in [0.1, 0.15) is 12.4 Å². The molecule has 4 aromatic carbocycles. The minimum Gasteiger partial charge on any atom is -0.488 e. The van der Waals surface area contributed by atoms with Crippen LogP contribution in [-0.4, -0.2) is 0 Å². The molecule has 31 heavy (non-hydrogen) atoms. The van der Waals surface area contributed by atoms with Crippen LogP contribution in [0.15, 0.2) is 83.3 Å². The Kier molecular flexibility index (Phi) is 6.63. The Hall–Kier alpha value is -2.77. The minimum absolute atomic E-state index is 0.287. The summed E-state index contributed by atoms with van der Waals surface area (Å²) in [5.74, 6) is 0.676. The van der Waals surface area contributed by atoms with E-state index in [2.05, 4.69) is 22.0 Å². The van der Waals surface area contributed by atoms with E-state index >= 15 is 0 Å². The summed E-state index contributed by atoms with van der Waals surface area (Å²) < 4.78 is 7.12. The van der Waals surface area contributed by atoms with Gasteiger partial charge < -0.3 is 4.74 Å². The smallest absolute Gasteiger partial charge is 0.127 e. The highest BCUT2D eigenvalue weighted by atomic mass is 79.9. The Balaban J connectivity index is 1.78. The lowest BCUT2D eigenvalue weighted by molar-refractivity contribution is 0.306. The molecule has 152 valence electrons. The number of hydrogen-bond acceptors (Lipinski definition) is 2. The normalized spacial score (nSPS) is 11.4. The van der Waals surface area contributed by atoms with Crippen molar-refractivity contribution in [1.29, 1.82) is 5.26 Å². The van der Waals surface area contributed by atoms with Crippen molar-refractivity contribution in [2.24, 2.45) is 0 Å². The van der Waals surface area contributed by atoms with Crippen molar-refractivity contribution in [3.63, 3.8) is 0 Å². The van der Waals surface area contributed by atoms with E-state index in [0.29, 0.717) is 21.4 Å². The molecule has 0 atom stereocenters. The number of hydrogen-bond donors (Lipinski definition) is 0. The Bertz CT molecular complexity index is 1320. The van der Waals surface area contributed by atoms with Crippen LogP contribution in [0, 0.1) is 11.3 Å². The lowest BCUT2D eigenvalue weighted by atomic mass is 9.98. The van der Waals surface area contributed by atoms with Crippen LogP contribution in [-0.2, 0) is 6.61 Å². The van der Waals surface area contributed by atoms with Gasteiger partial charge in [-0.1, -0.05) is 87.7 Å². The van der Waals surface area contributed by atoms with Gasteiger partial charge >= 0.3 is 0 Å². The number of benzene rings is 4. The Labute approximate surface area is 199 Å². The summed E-state index contributed by atoms with van der Waals surface area (Å²) in [6.45, 7) is 0.287. The molecular formula is C26H16BrCl2NO. The molecule has 0 aromatic heterocycles. The van der Waals surface area contributed by atoms with Crippen molar-refractivity contribution in [1.82, 2.24) is 0 Å². The zero-order valence-electron chi connectivity index (χ0n) is 16.3. The third-order valence-electron chi connectivity index (χ3n) is 4.89. The van der Waals surface area contributed by atoms with Gasteiger partial charge in [0.2, 0.25) is 0 Å². The van der Waals surface area contributed by atoms with Crippen LogP contribution in [0.25, 0.3) is 22.4 Å². The van der Waals surface area contributed by atoms with Gasteiger partial charge in [-0.2, -0.15) is 5.26 Å². The number of ether oxygens (including phenoxy) is 1. The number of rotatable bonds is 5. The van der Waals surface area contributed by atoms with E-state index in [4.69, 9.17) is 27.9 Å². The van der Waals surface area contributed by atoms with E-state index in [0.717, 1.165) is 31.9 Å². The van der Waals surface area contributed by atoms with E-state index < -0.39 is 0 Å². The molecule has 0 aliphatic rings. The molecule has 0 fully saturated rings. The van der Waals surface area contributed by atoms with Crippen LogP contribution >= 0.6 is 39.1 Å². The summed E-state index contributed by atoms with van der Waals surface area (Å²) in [6, 6.07) is 27.3. The highest BCUT2D eigenvalue weighted by molar-refractivity contribution is 9.10. The van der Waals surface area contributed by atoms with Crippen LogP contribution < -0.4 is 4.74 Å². The van der Waals surface area contributed by atoms with Gasteiger partial charge in [-0.05, 0) is 52.7 Å². The molecule has 0 bridgehead atoms. The summed E-state index contributed by atoms with van der Waals surface area (Å²) in [6.07, 6.45) is 1.88. The topological polar surface area (TPSA) is 33.0 Å². The molecule has 0 spiro atoms. The second-order valence-corrected chi connectivity index (χ2v) is 8.66. The van der Waals surface area contributed by atoms with Crippen molar-refractivity contribution < 1.29 is 4.74 Å². The number of nitrogens with zero attached hydrogens (tertiary/aromatic N) is 1. The molecule has 5 heteroatoms. The molecule has 2 nitrogen and oxygen atoms in total. The van der Waals surface area contributed by atoms with Gasteiger partial charge in [0.25, 0.3) is 0 Å². The molecule has 0 saturated carbocycles. The number of fused-ring (bicyclic) bond motifs is 1. The van der Waals surface area contributed by atoms with E-state index in [1.807, 2.05) is 72.8 Å². The molecule has 4 rings (SSSR count). The van der Waals surface area contributed by atoms with Crippen LogP contribution in [0.5, 0.6) is 5.75 Å². The van der Waals surface area contributed by atoms with Gasteiger partial charge in [-0.3, -0.25) is 0 Å². The van der Waals surface area contributed by atoms with Gasteiger partial charge in [0, 0.05) is 25.6 Å². The largest absolute Gasteiger partial charge is 0.488 e. The monoisotopic (exact) mass is 507 g/mol.